The number of nitrogens with zero attached hydrogens (tertiary/aromatic N) is 2. The van der Waals surface area contributed by atoms with E-state index in [2.05, 4.69) is 6.58 Å². The Morgan fingerprint density at radius 1 is 1.28 bits per heavy atom. The van der Waals surface area contributed by atoms with Gasteiger partial charge in [0.25, 0.3) is 0 Å². The third-order valence-corrected chi connectivity index (χ3v) is 5.42. The van der Waals surface area contributed by atoms with Gasteiger partial charge in [0.05, 0.1) is 12.5 Å². The molecule has 0 amide bonds. The number of esters is 1. The van der Waals surface area contributed by atoms with Crippen LogP contribution in [0, 0.1) is 10.1 Å². The van der Waals surface area contributed by atoms with Crippen LogP contribution in [0.2, 0.25) is 0 Å². The monoisotopic (exact) mass is 424 g/mol. The highest BCUT2D eigenvalue weighted by molar-refractivity contribution is 7.51. The Bertz CT molecular complexity index is 907. The molecule has 2 rings (SSSR count). The molecule has 0 saturated carbocycles. The van der Waals surface area contributed by atoms with Crippen LogP contribution in [0.15, 0.2) is 53.5 Å². The van der Waals surface area contributed by atoms with E-state index >= 15 is 0 Å². The van der Waals surface area contributed by atoms with Crippen LogP contribution >= 0.6 is 7.75 Å². The van der Waals surface area contributed by atoms with Gasteiger partial charge in [-0.1, -0.05) is 24.8 Å². The fraction of sp³-hybridized carbons (Fsp3) is 0.278. The molecular formula is C18H21N2O8P. The molecule has 1 heterocycles. The first-order chi connectivity index (χ1) is 13.7. The summed E-state index contributed by atoms with van der Waals surface area (Å²) in [5, 5.41) is 10.7. The average Bonchev–Trinajstić information content (AvgIpc) is 3.16. The van der Waals surface area contributed by atoms with Gasteiger partial charge >= 0.3 is 19.6 Å². The quantitative estimate of drug-likeness (QED) is 0.175. The lowest BCUT2D eigenvalue weighted by Crippen LogP contribution is -2.15. The van der Waals surface area contributed by atoms with Crippen LogP contribution in [0.5, 0.6) is 5.75 Å². The highest BCUT2D eigenvalue weighted by Gasteiger charge is 2.31. The predicted octanol–water partition coefficient (Wildman–Crippen LogP) is 3.72. The van der Waals surface area contributed by atoms with Gasteiger partial charge in [-0.05, 0) is 37.9 Å². The second-order valence-corrected chi connectivity index (χ2v) is 8.15. The number of hydrogen-bond donors (Lipinski definition) is 0. The van der Waals surface area contributed by atoms with E-state index in [4.69, 9.17) is 18.2 Å². The van der Waals surface area contributed by atoms with Crippen molar-refractivity contribution in [3.05, 3.63) is 70.5 Å². The molecule has 0 bridgehead atoms. The van der Waals surface area contributed by atoms with Crippen LogP contribution in [0.4, 0.5) is 5.88 Å². The number of benzene rings is 1. The number of furan rings is 1. The SMILES string of the molecule is C=CCOC(=O)Cc1ccc(OP(=O)(OCc2ccc([N+](=O)[O-])o2)N(C)C)cc1. The molecule has 0 fully saturated rings. The van der Waals surface area contributed by atoms with E-state index in [1.165, 1.54) is 37.0 Å². The van der Waals surface area contributed by atoms with Crippen molar-refractivity contribution in [2.24, 2.45) is 0 Å². The van der Waals surface area contributed by atoms with E-state index in [0.29, 0.717) is 5.56 Å². The van der Waals surface area contributed by atoms with Gasteiger partial charge in [-0.15, -0.1) is 0 Å². The highest BCUT2D eigenvalue weighted by Crippen LogP contribution is 2.50. The fourth-order valence-electron chi connectivity index (χ4n) is 2.08. The third kappa shape index (κ3) is 6.56. The predicted molar refractivity (Wildman–Crippen MR) is 103 cm³/mol. The summed E-state index contributed by atoms with van der Waals surface area (Å²) in [6, 6.07) is 8.92. The van der Waals surface area contributed by atoms with Gasteiger partial charge in [-0.3, -0.25) is 19.4 Å². The molecule has 1 aromatic carbocycles. The van der Waals surface area contributed by atoms with E-state index < -0.39 is 24.5 Å². The Kier molecular flexibility index (Phi) is 7.72. The third-order valence-electron chi connectivity index (χ3n) is 3.54. The van der Waals surface area contributed by atoms with Gasteiger partial charge in [-0.25, -0.2) is 9.24 Å². The lowest BCUT2D eigenvalue weighted by molar-refractivity contribution is -0.402. The Balaban J connectivity index is 2.01. The van der Waals surface area contributed by atoms with Crippen molar-refractivity contribution in [2.75, 3.05) is 20.7 Å². The molecular weight excluding hydrogens is 403 g/mol. The minimum absolute atomic E-state index is 0.0766. The highest BCUT2D eigenvalue weighted by atomic mass is 31.2. The summed E-state index contributed by atoms with van der Waals surface area (Å²) in [5.41, 5.74) is 0.690. The summed E-state index contributed by atoms with van der Waals surface area (Å²) in [4.78, 5) is 21.6. The van der Waals surface area contributed by atoms with Gasteiger partial charge in [0.1, 0.15) is 29.6 Å². The maximum Gasteiger partial charge on any atom is 0.461 e. The van der Waals surface area contributed by atoms with Crippen molar-refractivity contribution < 1.29 is 32.5 Å². The number of rotatable bonds is 11. The Labute approximate surface area is 167 Å². The zero-order chi connectivity index (χ0) is 21.4. The first-order valence-electron chi connectivity index (χ1n) is 8.44. The van der Waals surface area contributed by atoms with Crippen molar-refractivity contribution in [1.29, 1.82) is 0 Å². The van der Waals surface area contributed by atoms with Gasteiger partial charge < -0.3 is 13.7 Å². The van der Waals surface area contributed by atoms with Crippen molar-refractivity contribution in [3.8, 4) is 5.75 Å². The lowest BCUT2D eigenvalue weighted by Gasteiger charge is -2.23. The molecule has 0 aliphatic carbocycles. The summed E-state index contributed by atoms with van der Waals surface area (Å²) in [7, 11) is -0.731. The first kappa shape index (κ1) is 22.4. The van der Waals surface area contributed by atoms with E-state index in [9.17, 15) is 19.5 Å². The fourth-order valence-corrected chi connectivity index (χ4v) is 3.21. The van der Waals surface area contributed by atoms with Crippen LogP contribution in [-0.2, 0) is 31.6 Å². The maximum atomic E-state index is 13.0. The van der Waals surface area contributed by atoms with Crippen LogP contribution in [0.1, 0.15) is 11.3 Å². The summed E-state index contributed by atoms with van der Waals surface area (Å²) in [6.45, 7) is 3.33. The zero-order valence-electron chi connectivity index (χ0n) is 16.0. The second kappa shape index (κ2) is 10.0. The van der Waals surface area contributed by atoms with Gasteiger partial charge in [0.2, 0.25) is 0 Å². The molecule has 0 N–H and O–H groups in total. The average molecular weight is 424 g/mol. The van der Waals surface area contributed by atoms with Gasteiger partial charge in [0.15, 0.2) is 0 Å². The van der Waals surface area contributed by atoms with Crippen LogP contribution < -0.4 is 4.52 Å². The molecule has 1 unspecified atom stereocenters. The number of carbonyl (C=O) groups is 1. The summed E-state index contributed by atoms with van der Waals surface area (Å²) < 4.78 is 35.1. The van der Waals surface area contributed by atoms with Crippen molar-refractivity contribution in [2.45, 2.75) is 13.0 Å². The molecule has 10 nitrogen and oxygen atoms in total. The molecule has 0 saturated heterocycles. The standard InChI is InChI=1S/C18H21N2O8P/c1-4-11-25-18(21)12-14-5-7-15(8-6-14)28-29(24,19(2)3)26-13-16-9-10-17(27-16)20(22)23/h4-10H,1,11-13H2,2-3H3. The molecule has 0 aliphatic heterocycles. The second-order valence-electron chi connectivity index (χ2n) is 5.97. The normalized spacial score (nSPS) is 12.9. The Morgan fingerprint density at radius 3 is 2.52 bits per heavy atom. The maximum absolute atomic E-state index is 13.0. The van der Waals surface area contributed by atoms with E-state index in [-0.39, 0.29) is 31.1 Å². The van der Waals surface area contributed by atoms with Crippen molar-refractivity contribution >= 4 is 19.6 Å². The molecule has 0 spiro atoms. The Morgan fingerprint density at radius 2 is 1.97 bits per heavy atom. The van der Waals surface area contributed by atoms with E-state index in [0.717, 1.165) is 0 Å². The number of nitro groups is 1. The van der Waals surface area contributed by atoms with Crippen molar-refractivity contribution in [1.82, 2.24) is 4.67 Å². The molecule has 29 heavy (non-hydrogen) atoms. The Hall–Kier alpha value is -2.94. The van der Waals surface area contributed by atoms with E-state index in [1.54, 1.807) is 24.3 Å². The topological polar surface area (TPSA) is 121 Å². The molecule has 2 aromatic rings. The number of ether oxygens (including phenoxy) is 1. The first-order valence-corrected chi connectivity index (χ1v) is 9.93. The van der Waals surface area contributed by atoms with Crippen LogP contribution in [0.25, 0.3) is 0 Å². The van der Waals surface area contributed by atoms with Crippen LogP contribution in [0.3, 0.4) is 0 Å². The molecule has 11 heteroatoms. The summed E-state index contributed by atoms with van der Waals surface area (Å²) in [6.07, 6.45) is 1.56. The molecule has 0 radical (unpaired) electrons. The number of hydrogen-bond acceptors (Lipinski definition) is 8. The zero-order valence-corrected chi connectivity index (χ0v) is 16.9. The number of carbonyl (C=O) groups excluding carboxylic acids is 1. The minimum Gasteiger partial charge on any atom is -0.461 e. The lowest BCUT2D eigenvalue weighted by atomic mass is 10.1. The van der Waals surface area contributed by atoms with Crippen LogP contribution in [-0.4, -0.2) is 36.3 Å². The smallest absolute Gasteiger partial charge is 0.461 e. The molecule has 0 aliphatic rings. The summed E-state index contributed by atoms with van der Waals surface area (Å²) in [5.74, 6) is -0.439. The molecule has 156 valence electrons. The summed E-state index contributed by atoms with van der Waals surface area (Å²) >= 11 is 0. The molecule has 1 atom stereocenters. The largest absolute Gasteiger partial charge is 0.461 e. The minimum atomic E-state index is -3.75. The van der Waals surface area contributed by atoms with Gasteiger partial charge in [-0.2, -0.15) is 0 Å². The van der Waals surface area contributed by atoms with Gasteiger partial charge in [0, 0.05) is 0 Å². The van der Waals surface area contributed by atoms with E-state index in [1.807, 2.05) is 0 Å². The van der Waals surface area contributed by atoms with Crippen molar-refractivity contribution in [3.63, 3.8) is 0 Å². The molecule has 1 aromatic heterocycles.